The third-order valence-corrected chi connectivity index (χ3v) is 3.59. The van der Waals surface area contributed by atoms with Gasteiger partial charge < -0.3 is 5.32 Å². The molecule has 0 unspecified atom stereocenters. The molecule has 1 nitrogen and oxygen atoms in total. The van der Waals surface area contributed by atoms with Crippen molar-refractivity contribution >= 4 is 0 Å². The number of nitrogens with one attached hydrogen (secondary N) is 1. The molecular formula is C17H37N. The van der Waals surface area contributed by atoms with Gasteiger partial charge in [0.2, 0.25) is 0 Å². The highest BCUT2D eigenvalue weighted by Crippen LogP contribution is 2.08. The number of unbranched alkanes of at least 4 members (excludes halogenated alkanes) is 8. The summed E-state index contributed by atoms with van der Waals surface area (Å²) in [6, 6.07) is 0. The zero-order valence-electron chi connectivity index (χ0n) is 13.3. The highest BCUT2D eigenvalue weighted by molar-refractivity contribution is 4.52. The van der Waals surface area contributed by atoms with Crippen molar-refractivity contribution in [2.24, 2.45) is 5.92 Å². The van der Waals surface area contributed by atoms with E-state index in [9.17, 15) is 0 Å². The third-order valence-electron chi connectivity index (χ3n) is 3.59. The van der Waals surface area contributed by atoms with E-state index < -0.39 is 0 Å². The van der Waals surface area contributed by atoms with Crippen LogP contribution in [0.3, 0.4) is 0 Å². The first-order valence-electron chi connectivity index (χ1n) is 8.48. The zero-order chi connectivity index (χ0) is 13.5. The van der Waals surface area contributed by atoms with Gasteiger partial charge in [0.15, 0.2) is 0 Å². The predicted molar refractivity (Wildman–Crippen MR) is 84.2 cm³/mol. The molecule has 0 bridgehead atoms. The molecule has 0 fully saturated rings. The Morgan fingerprint density at radius 2 is 1.17 bits per heavy atom. The molecule has 1 heteroatoms. The second-order valence-electron chi connectivity index (χ2n) is 6.11. The summed E-state index contributed by atoms with van der Waals surface area (Å²) in [6.07, 6.45) is 15.5. The maximum Gasteiger partial charge on any atom is -0.00489 e. The van der Waals surface area contributed by atoms with Gasteiger partial charge in [0.25, 0.3) is 0 Å². The van der Waals surface area contributed by atoms with Gasteiger partial charge in [0, 0.05) is 0 Å². The molecule has 0 aromatic heterocycles. The van der Waals surface area contributed by atoms with Gasteiger partial charge in [-0.25, -0.2) is 0 Å². The lowest BCUT2D eigenvalue weighted by molar-refractivity contribution is 0.510. The molecule has 0 aromatic carbocycles. The van der Waals surface area contributed by atoms with Crippen LogP contribution in [-0.2, 0) is 0 Å². The van der Waals surface area contributed by atoms with E-state index in [1.54, 1.807) is 0 Å². The standard InChI is InChI=1S/C17H37N/c1-4-5-6-7-8-9-10-12-15-18-16-13-11-14-17(2)3/h17-18H,4-16H2,1-3H3. The second-order valence-corrected chi connectivity index (χ2v) is 6.11. The van der Waals surface area contributed by atoms with Gasteiger partial charge in [-0.3, -0.25) is 0 Å². The van der Waals surface area contributed by atoms with Crippen LogP contribution >= 0.6 is 0 Å². The summed E-state index contributed by atoms with van der Waals surface area (Å²) in [7, 11) is 0. The summed E-state index contributed by atoms with van der Waals surface area (Å²) < 4.78 is 0. The number of hydrogen-bond acceptors (Lipinski definition) is 1. The lowest BCUT2D eigenvalue weighted by Gasteiger charge is -2.06. The van der Waals surface area contributed by atoms with E-state index in [0.29, 0.717) is 0 Å². The highest BCUT2D eigenvalue weighted by atomic mass is 14.8. The van der Waals surface area contributed by atoms with Gasteiger partial charge in [0.05, 0.1) is 0 Å². The maximum atomic E-state index is 3.57. The second kappa shape index (κ2) is 15.0. The number of hydrogen-bond donors (Lipinski definition) is 1. The SMILES string of the molecule is CCCCCCCCCCNCCCCC(C)C. The van der Waals surface area contributed by atoms with Crippen LogP contribution in [0, 0.1) is 5.92 Å². The quantitative estimate of drug-likeness (QED) is 0.402. The van der Waals surface area contributed by atoms with Crippen LogP contribution in [-0.4, -0.2) is 13.1 Å². The smallest absolute Gasteiger partial charge is 0.00489 e. The van der Waals surface area contributed by atoms with Crippen LogP contribution in [0.5, 0.6) is 0 Å². The molecule has 18 heavy (non-hydrogen) atoms. The van der Waals surface area contributed by atoms with Crippen LogP contribution < -0.4 is 5.32 Å². The minimum Gasteiger partial charge on any atom is -0.317 e. The van der Waals surface area contributed by atoms with E-state index >= 15 is 0 Å². The molecule has 0 spiro atoms. The van der Waals surface area contributed by atoms with Crippen molar-refractivity contribution in [2.75, 3.05) is 13.1 Å². The van der Waals surface area contributed by atoms with Crippen LogP contribution in [0.15, 0.2) is 0 Å². The Balaban J connectivity index is 2.90. The average Bonchev–Trinajstić information content (AvgIpc) is 2.34. The Morgan fingerprint density at radius 3 is 1.72 bits per heavy atom. The van der Waals surface area contributed by atoms with Crippen LogP contribution in [0.25, 0.3) is 0 Å². The Labute approximate surface area is 116 Å². The molecule has 0 radical (unpaired) electrons. The van der Waals surface area contributed by atoms with Gasteiger partial charge in [-0.15, -0.1) is 0 Å². The van der Waals surface area contributed by atoms with Crippen molar-refractivity contribution in [3.8, 4) is 0 Å². The Bertz CT molecular complexity index is 143. The van der Waals surface area contributed by atoms with Crippen LogP contribution in [0.1, 0.15) is 91.4 Å². The fourth-order valence-electron chi connectivity index (χ4n) is 2.31. The van der Waals surface area contributed by atoms with Gasteiger partial charge >= 0.3 is 0 Å². The molecule has 0 amide bonds. The first-order chi connectivity index (χ1) is 8.77. The first-order valence-corrected chi connectivity index (χ1v) is 8.48. The molecule has 0 heterocycles. The molecular weight excluding hydrogens is 218 g/mol. The van der Waals surface area contributed by atoms with Gasteiger partial charge in [-0.05, 0) is 31.8 Å². The molecule has 0 saturated carbocycles. The fraction of sp³-hybridized carbons (Fsp3) is 1.00. The van der Waals surface area contributed by atoms with Crippen molar-refractivity contribution in [1.82, 2.24) is 5.32 Å². The third kappa shape index (κ3) is 16.0. The average molecular weight is 255 g/mol. The van der Waals surface area contributed by atoms with Crippen LogP contribution in [0.2, 0.25) is 0 Å². The monoisotopic (exact) mass is 255 g/mol. The van der Waals surface area contributed by atoms with E-state index in [4.69, 9.17) is 0 Å². The van der Waals surface area contributed by atoms with Crippen molar-refractivity contribution < 1.29 is 0 Å². The summed E-state index contributed by atoms with van der Waals surface area (Å²) in [5.41, 5.74) is 0. The molecule has 0 rings (SSSR count). The summed E-state index contributed by atoms with van der Waals surface area (Å²) in [5, 5.41) is 3.57. The minimum absolute atomic E-state index is 0.873. The van der Waals surface area contributed by atoms with Gasteiger partial charge in [-0.2, -0.15) is 0 Å². The van der Waals surface area contributed by atoms with E-state index in [1.165, 1.54) is 83.7 Å². The zero-order valence-corrected chi connectivity index (χ0v) is 13.3. The van der Waals surface area contributed by atoms with E-state index in [-0.39, 0.29) is 0 Å². The number of rotatable bonds is 14. The molecule has 0 aliphatic heterocycles. The van der Waals surface area contributed by atoms with Crippen LogP contribution in [0.4, 0.5) is 0 Å². The van der Waals surface area contributed by atoms with Gasteiger partial charge in [0.1, 0.15) is 0 Å². The molecule has 0 saturated heterocycles. The fourth-order valence-corrected chi connectivity index (χ4v) is 2.31. The van der Waals surface area contributed by atoms with Crippen molar-refractivity contribution in [3.05, 3.63) is 0 Å². The Kier molecular flexibility index (Phi) is 15.0. The van der Waals surface area contributed by atoms with Crippen molar-refractivity contribution in [3.63, 3.8) is 0 Å². The van der Waals surface area contributed by atoms with E-state index in [1.807, 2.05) is 0 Å². The summed E-state index contributed by atoms with van der Waals surface area (Å²) >= 11 is 0. The summed E-state index contributed by atoms with van der Waals surface area (Å²) in [5.74, 6) is 0.873. The Morgan fingerprint density at radius 1 is 0.667 bits per heavy atom. The normalized spacial score (nSPS) is 11.3. The lowest BCUT2D eigenvalue weighted by Crippen LogP contribution is -2.16. The summed E-state index contributed by atoms with van der Waals surface area (Å²) in [4.78, 5) is 0. The molecule has 0 aliphatic rings. The topological polar surface area (TPSA) is 12.0 Å². The van der Waals surface area contributed by atoms with Crippen molar-refractivity contribution in [1.29, 1.82) is 0 Å². The summed E-state index contributed by atoms with van der Waals surface area (Å²) in [6.45, 7) is 9.37. The lowest BCUT2D eigenvalue weighted by atomic mass is 10.1. The largest absolute Gasteiger partial charge is 0.317 e. The van der Waals surface area contributed by atoms with E-state index in [2.05, 4.69) is 26.1 Å². The molecule has 1 N–H and O–H groups in total. The molecule has 0 aromatic rings. The maximum absolute atomic E-state index is 3.57. The van der Waals surface area contributed by atoms with Gasteiger partial charge in [-0.1, -0.05) is 78.6 Å². The van der Waals surface area contributed by atoms with E-state index in [0.717, 1.165) is 5.92 Å². The molecule has 0 aliphatic carbocycles. The molecule has 0 atom stereocenters. The highest BCUT2D eigenvalue weighted by Gasteiger charge is 1.94. The van der Waals surface area contributed by atoms with Crippen molar-refractivity contribution in [2.45, 2.75) is 91.4 Å². The Hall–Kier alpha value is -0.0400. The first kappa shape index (κ1) is 18.0. The minimum atomic E-state index is 0.873. The molecule has 110 valence electrons. The predicted octanol–water partition coefficient (Wildman–Crippen LogP) is 5.54.